The molecule has 0 unspecified atom stereocenters. The van der Waals surface area contributed by atoms with E-state index in [2.05, 4.69) is 11.0 Å². The van der Waals surface area contributed by atoms with Gasteiger partial charge in [-0.2, -0.15) is 5.26 Å². The van der Waals surface area contributed by atoms with Gasteiger partial charge in [0.25, 0.3) is 5.91 Å². The minimum Gasteiger partial charge on any atom is -0.484 e. The highest BCUT2D eigenvalue weighted by Gasteiger charge is 2.27. The summed E-state index contributed by atoms with van der Waals surface area (Å²) in [5.74, 6) is 0.682. The van der Waals surface area contributed by atoms with Crippen LogP contribution in [-0.4, -0.2) is 54.5 Å². The number of benzene rings is 1. The summed E-state index contributed by atoms with van der Waals surface area (Å²) >= 11 is 0. The van der Waals surface area contributed by atoms with Gasteiger partial charge in [-0.15, -0.1) is 0 Å². The molecule has 1 aromatic rings. The molecule has 5 nitrogen and oxygen atoms in total. The van der Waals surface area contributed by atoms with Crippen molar-refractivity contribution in [1.82, 2.24) is 9.80 Å². The number of piperidine rings is 2. The first kappa shape index (κ1) is 16.8. The summed E-state index contributed by atoms with van der Waals surface area (Å²) in [5.41, 5.74) is 0.591. The third kappa shape index (κ3) is 4.27. The van der Waals surface area contributed by atoms with Crippen molar-refractivity contribution in [2.24, 2.45) is 0 Å². The molecular formula is C19H25N3O2. The molecule has 2 fully saturated rings. The summed E-state index contributed by atoms with van der Waals surface area (Å²) < 4.78 is 5.55. The Kier molecular flexibility index (Phi) is 5.71. The summed E-state index contributed by atoms with van der Waals surface area (Å²) in [6, 6.07) is 9.57. The normalized spacial score (nSPS) is 19.7. The number of hydrogen-bond acceptors (Lipinski definition) is 4. The Bertz CT molecular complexity index is 580. The molecule has 0 spiro atoms. The Labute approximate surface area is 143 Å². The smallest absolute Gasteiger partial charge is 0.260 e. The van der Waals surface area contributed by atoms with Crippen LogP contribution in [0.15, 0.2) is 24.3 Å². The van der Waals surface area contributed by atoms with Gasteiger partial charge in [-0.05, 0) is 63.0 Å². The third-order valence-electron chi connectivity index (χ3n) is 5.07. The molecule has 1 amide bonds. The van der Waals surface area contributed by atoms with Crippen LogP contribution in [0.3, 0.4) is 0 Å². The predicted octanol–water partition coefficient (Wildman–Crippen LogP) is 2.41. The fourth-order valence-corrected chi connectivity index (χ4v) is 3.63. The van der Waals surface area contributed by atoms with Gasteiger partial charge in [0.05, 0.1) is 11.6 Å². The van der Waals surface area contributed by atoms with E-state index in [1.807, 2.05) is 4.90 Å². The first-order chi connectivity index (χ1) is 11.8. The van der Waals surface area contributed by atoms with E-state index in [4.69, 9.17) is 10.00 Å². The van der Waals surface area contributed by atoms with Crippen molar-refractivity contribution < 1.29 is 9.53 Å². The van der Waals surface area contributed by atoms with Gasteiger partial charge < -0.3 is 14.5 Å². The summed E-state index contributed by atoms with van der Waals surface area (Å²) in [4.78, 5) is 16.8. The minimum atomic E-state index is 0.0523. The van der Waals surface area contributed by atoms with E-state index in [9.17, 15) is 4.79 Å². The number of amides is 1. The molecular weight excluding hydrogens is 302 g/mol. The lowest BCUT2D eigenvalue weighted by atomic mass is 10.00. The molecule has 2 aliphatic rings. The fraction of sp³-hybridized carbons (Fsp3) is 0.579. The highest BCUT2D eigenvalue weighted by molar-refractivity contribution is 5.77. The van der Waals surface area contributed by atoms with E-state index < -0.39 is 0 Å². The van der Waals surface area contributed by atoms with Gasteiger partial charge >= 0.3 is 0 Å². The maximum absolute atomic E-state index is 12.3. The van der Waals surface area contributed by atoms with Crippen LogP contribution in [-0.2, 0) is 4.79 Å². The number of likely N-dealkylation sites (tertiary alicyclic amines) is 2. The van der Waals surface area contributed by atoms with Crippen LogP contribution < -0.4 is 4.74 Å². The van der Waals surface area contributed by atoms with Gasteiger partial charge in [-0.1, -0.05) is 6.42 Å². The van der Waals surface area contributed by atoms with Crippen molar-refractivity contribution in [1.29, 1.82) is 5.26 Å². The molecule has 2 heterocycles. The van der Waals surface area contributed by atoms with E-state index in [0.717, 1.165) is 25.9 Å². The number of hydrogen-bond donors (Lipinski definition) is 0. The zero-order valence-electron chi connectivity index (χ0n) is 14.1. The van der Waals surface area contributed by atoms with E-state index in [1.165, 1.54) is 32.4 Å². The van der Waals surface area contributed by atoms with Gasteiger partial charge in [0.2, 0.25) is 0 Å². The quantitative estimate of drug-likeness (QED) is 0.852. The molecule has 0 saturated carbocycles. The second kappa shape index (κ2) is 8.16. The summed E-state index contributed by atoms with van der Waals surface area (Å²) in [7, 11) is 0. The van der Waals surface area contributed by atoms with Crippen LogP contribution in [0.25, 0.3) is 0 Å². The minimum absolute atomic E-state index is 0.0523. The van der Waals surface area contributed by atoms with Crippen LogP contribution in [0.1, 0.15) is 37.7 Å². The van der Waals surface area contributed by atoms with Crippen molar-refractivity contribution in [3.05, 3.63) is 29.8 Å². The number of ether oxygens (including phenoxy) is 1. The fourth-order valence-electron chi connectivity index (χ4n) is 3.63. The molecule has 1 aromatic carbocycles. The van der Waals surface area contributed by atoms with Crippen molar-refractivity contribution in [3.63, 3.8) is 0 Å². The Hall–Kier alpha value is -2.06. The largest absolute Gasteiger partial charge is 0.484 e. The lowest BCUT2D eigenvalue weighted by molar-refractivity contribution is -0.135. The summed E-state index contributed by atoms with van der Waals surface area (Å²) in [5, 5.41) is 8.78. The molecule has 2 saturated heterocycles. The molecule has 2 aliphatic heterocycles. The van der Waals surface area contributed by atoms with Crippen LogP contribution >= 0.6 is 0 Å². The third-order valence-corrected chi connectivity index (χ3v) is 5.07. The number of carbonyl (C=O) groups is 1. The Morgan fingerprint density at radius 2 is 1.75 bits per heavy atom. The lowest BCUT2D eigenvalue weighted by Crippen LogP contribution is -2.49. The molecule has 3 rings (SSSR count). The second-order valence-corrected chi connectivity index (χ2v) is 6.63. The number of nitriles is 1. The topological polar surface area (TPSA) is 56.6 Å². The second-order valence-electron chi connectivity index (χ2n) is 6.63. The molecule has 0 aromatic heterocycles. The lowest BCUT2D eigenvalue weighted by Gasteiger charge is -2.40. The molecule has 0 aliphatic carbocycles. The van der Waals surface area contributed by atoms with E-state index >= 15 is 0 Å². The average molecular weight is 327 g/mol. The van der Waals surface area contributed by atoms with Crippen LogP contribution in [0.5, 0.6) is 5.75 Å². The number of nitrogens with zero attached hydrogens (tertiary/aromatic N) is 3. The van der Waals surface area contributed by atoms with Crippen molar-refractivity contribution in [3.8, 4) is 11.8 Å². The summed E-state index contributed by atoms with van der Waals surface area (Å²) in [6.45, 7) is 4.18. The van der Waals surface area contributed by atoms with Crippen molar-refractivity contribution in [2.75, 3.05) is 32.8 Å². The van der Waals surface area contributed by atoms with Crippen LogP contribution in [0, 0.1) is 11.3 Å². The zero-order chi connectivity index (χ0) is 16.8. The molecule has 0 N–H and O–H groups in total. The van der Waals surface area contributed by atoms with Crippen molar-refractivity contribution >= 4 is 5.91 Å². The number of rotatable bonds is 4. The Morgan fingerprint density at radius 1 is 1.08 bits per heavy atom. The van der Waals surface area contributed by atoms with E-state index in [1.54, 1.807) is 24.3 Å². The first-order valence-electron chi connectivity index (χ1n) is 8.91. The Balaban J connectivity index is 1.42. The Morgan fingerprint density at radius 3 is 2.38 bits per heavy atom. The monoisotopic (exact) mass is 327 g/mol. The molecule has 0 bridgehead atoms. The maximum Gasteiger partial charge on any atom is 0.260 e. The van der Waals surface area contributed by atoms with Crippen molar-refractivity contribution in [2.45, 2.75) is 38.1 Å². The van der Waals surface area contributed by atoms with Crippen LogP contribution in [0.2, 0.25) is 0 Å². The van der Waals surface area contributed by atoms with Gasteiger partial charge in [-0.3, -0.25) is 4.79 Å². The number of carbonyl (C=O) groups excluding carboxylic acids is 1. The standard InChI is InChI=1S/C19H25N3O2/c20-14-16-4-6-18(7-5-16)24-15-19(23)22-12-8-17(9-13-22)21-10-2-1-3-11-21/h4-7,17H,1-3,8-13,15H2. The van der Waals surface area contributed by atoms with Gasteiger partial charge in [0.1, 0.15) is 5.75 Å². The van der Waals surface area contributed by atoms with E-state index in [-0.39, 0.29) is 12.5 Å². The van der Waals surface area contributed by atoms with Gasteiger partial charge in [-0.25, -0.2) is 0 Å². The maximum atomic E-state index is 12.3. The molecule has 24 heavy (non-hydrogen) atoms. The molecule has 128 valence electrons. The highest BCUT2D eigenvalue weighted by atomic mass is 16.5. The molecule has 5 heteroatoms. The molecule has 0 radical (unpaired) electrons. The SMILES string of the molecule is N#Cc1ccc(OCC(=O)N2CCC(N3CCCCC3)CC2)cc1. The van der Waals surface area contributed by atoms with Gasteiger partial charge in [0, 0.05) is 19.1 Å². The average Bonchev–Trinajstić information content (AvgIpc) is 2.67. The first-order valence-corrected chi connectivity index (χ1v) is 8.91. The predicted molar refractivity (Wildman–Crippen MR) is 91.7 cm³/mol. The zero-order valence-corrected chi connectivity index (χ0v) is 14.1. The highest BCUT2D eigenvalue weighted by Crippen LogP contribution is 2.21. The summed E-state index contributed by atoms with van der Waals surface area (Å²) in [6.07, 6.45) is 6.14. The van der Waals surface area contributed by atoms with E-state index in [0.29, 0.717) is 17.4 Å². The molecule has 0 atom stereocenters. The van der Waals surface area contributed by atoms with Gasteiger partial charge in [0.15, 0.2) is 6.61 Å². The van der Waals surface area contributed by atoms with Crippen LogP contribution in [0.4, 0.5) is 0 Å².